The van der Waals surface area contributed by atoms with E-state index in [9.17, 15) is 14.4 Å². The van der Waals surface area contributed by atoms with Crippen LogP contribution in [-0.2, 0) is 32.1 Å². The molecule has 0 aliphatic carbocycles. The normalized spacial score (nSPS) is 11.5. The van der Waals surface area contributed by atoms with E-state index < -0.39 is 18.2 Å². The number of amides is 2. The van der Waals surface area contributed by atoms with Gasteiger partial charge in [-0.25, -0.2) is 9.59 Å². The average molecular weight is 441 g/mol. The lowest BCUT2D eigenvalue weighted by atomic mass is 10.1. The molecule has 2 aromatic rings. The maximum Gasteiger partial charge on any atom is 0.410 e. The van der Waals surface area contributed by atoms with Crippen molar-refractivity contribution in [2.24, 2.45) is 5.92 Å². The number of hydrogen-bond acceptors (Lipinski definition) is 5. The summed E-state index contributed by atoms with van der Waals surface area (Å²) in [5, 5.41) is 0. The Morgan fingerprint density at radius 3 is 1.91 bits per heavy atom. The van der Waals surface area contributed by atoms with Gasteiger partial charge in [-0.15, -0.1) is 0 Å². The summed E-state index contributed by atoms with van der Waals surface area (Å²) in [7, 11) is 3.27. The van der Waals surface area contributed by atoms with E-state index in [1.54, 1.807) is 19.0 Å². The molecule has 1 atom stereocenters. The second kappa shape index (κ2) is 12.5. The monoisotopic (exact) mass is 440 g/mol. The Balaban J connectivity index is 1.98. The number of carbonyl (C=O) groups excluding carboxylic acids is 3. The van der Waals surface area contributed by atoms with E-state index in [1.165, 1.54) is 4.90 Å². The third-order valence-electron chi connectivity index (χ3n) is 4.95. The van der Waals surface area contributed by atoms with E-state index in [1.807, 2.05) is 74.5 Å². The molecule has 2 aromatic carbocycles. The third-order valence-corrected chi connectivity index (χ3v) is 4.95. The van der Waals surface area contributed by atoms with Crippen LogP contribution >= 0.6 is 0 Å². The smallest absolute Gasteiger partial charge is 0.410 e. The largest absolute Gasteiger partial charge is 0.458 e. The first-order chi connectivity index (χ1) is 15.3. The average Bonchev–Trinajstić information content (AvgIpc) is 2.80. The summed E-state index contributed by atoms with van der Waals surface area (Å²) in [6, 6.07) is 18.6. The molecular formula is C25H32N2O5. The van der Waals surface area contributed by atoms with Gasteiger partial charge in [-0.2, -0.15) is 0 Å². The summed E-state index contributed by atoms with van der Waals surface area (Å²) >= 11 is 0. The van der Waals surface area contributed by atoms with Crippen LogP contribution in [-0.4, -0.2) is 61.1 Å². The number of esters is 1. The number of benzene rings is 2. The summed E-state index contributed by atoms with van der Waals surface area (Å²) in [5.41, 5.74) is 1.70. The van der Waals surface area contributed by atoms with E-state index in [0.717, 1.165) is 11.1 Å². The summed E-state index contributed by atoms with van der Waals surface area (Å²) < 4.78 is 10.9. The molecule has 32 heavy (non-hydrogen) atoms. The van der Waals surface area contributed by atoms with Gasteiger partial charge in [0.15, 0.2) is 0 Å². The van der Waals surface area contributed by atoms with Gasteiger partial charge in [-0.05, 0) is 11.1 Å². The number of carbonyl (C=O) groups is 3. The highest BCUT2D eigenvalue weighted by Crippen LogP contribution is 2.11. The fourth-order valence-electron chi connectivity index (χ4n) is 2.98. The van der Waals surface area contributed by atoms with Gasteiger partial charge in [0, 0.05) is 39.5 Å². The Morgan fingerprint density at radius 2 is 1.34 bits per heavy atom. The van der Waals surface area contributed by atoms with Crippen molar-refractivity contribution >= 4 is 18.0 Å². The molecule has 7 heteroatoms. The molecule has 0 unspecified atom stereocenters. The first-order valence-electron chi connectivity index (χ1n) is 10.7. The van der Waals surface area contributed by atoms with Gasteiger partial charge in [0.25, 0.3) is 0 Å². The van der Waals surface area contributed by atoms with Gasteiger partial charge < -0.3 is 19.3 Å². The van der Waals surface area contributed by atoms with Crippen molar-refractivity contribution in [3.63, 3.8) is 0 Å². The van der Waals surface area contributed by atoms with Crippen LogP contribution in [0.15, 0.2) is 60.7 Å². The van der Waals surface area contributed by atoms with Gasteiger partial charge in [0.1, 0.15) is 6.61 Å². The van der Waals surface area contributed by atoms with Crippen molar-refractivity contribution < 1.29 is 23.9 Å². The van der Waals surface area contributed by atoms with Crippen molar-refractivity contribution in [3.05, 3.63) is 71.8 Å². The molecular weight excluding hydrogens is 408 g/mol. The molecule has 0 heterocycles. The number of hydrogen-bond donors (Lipinski definition) is 0. The molecule has 0 aromatic heterocycles. The van der Waals surface area contributed by atoms with Crippen LogP contribution in [0.25, 0.3) is 0 Å². The fourth-order valence-corrected chi connectivity index (χ4v) is 2.98. The minimum atomic E-state index is -1.08. The maximum absolute atomic E-state index is 12.7. The fraction of sp³-hybridized carbons (Fsp3) is 0.400. The molecule has 0 bridgehead atoms. The summed E-state index contributed by atoms with van der Waals surface area (Å²) in [6.45, 7) is 4.40. The Labute approximate surface area is 189 Å². The highest BCUT2D eigenvalue weighted by atomic mass is 16.6. The van der Waals surface area contributed by atoms with Gasteiger partial charge in [0.05, 0.1) is 0 Å². The molecule has 0 aliphatic rings. The molecule has 7 nitrogen and oxygen atoms in total. The Hall–Kier alpha value is -3.35. The van der Waals surface area contributed by atoms with E-state index >= 15 is 0 Å². The van der Waals surface area contributed by atoms with Crippen LogP contribution in [0.2, 0.25) is 0 Å². The molecule has 0 radical (unpaired) electrons. The quantitative estimate of drug-likeness (QED) is 0.529. The lowest BCUT2D eigenvalue weighted by Gasteiger charge is -2.25. The molecule has 172 valence electrons. The number of rotatable bonds is 10. The highest BCUT2D eigenvalue weighted by Gasteiger charge is 2.27. The number of nitrogens with zero attached hydrogens (tertiary/aromatic N) is 2. The molecule has 0 N–H and O–H groups in total. The minimum absolute atomic E-state index is 0.00166. The maximum atomic E-state index is 12.7. The van der Waals surface area contributed by atoms with Crippen LogP contribution in [0.5, 0.6) is 0 Å². The minimum Gasteiger partial charge on any atom is -0.458 e. The van der Waals surface area contributed by atoms with Crippen LogP contribution in [0.3, 0.4) is 0 Å². The number of likely N-dealkylation sites (N-methyl/N-ethyl adjacent to an activating group) is 2. The van der Waals surface area contributed by atoms with Gasteiger partial charge in [-0.3, -0.25) is 4.79 Å². The topological polar surface area (TPSA) is 76.2 Å². The van der Waals surface area contributed by atoms with Crippen LogP contribution < -0.4 is 0 Å². The van der Waals surface area contributed by atoms with E-state index in [-0.39, 0.29) is 31.4 Å². The zero-order valence-electron chi connectivity index (χ0n) is 19.2. The van der Waals surface area contributed by atoms with E-state index in [0.29, 0.717) is 6.54 Å². The van der Waals surface area contributed by atoms with Crippen molar-refractivity contribution in [1.82, 2.24) is 9.80 Å². The molecule has 0 aliphatic heterocycles. The summed E-state index contributed by atoms with van der Waals surface area (Å²) in [4.78, 5) is 40.3. The molecule has 0 saturated heterocycles. The Morgan fingerprint density at radius 1 is 0.812 bits per heavy atom. The lowest BCUT2D eigenvalue weighted by molar-refractivity contribution is -0.155. The van der Waals surface area contributed by atoms with Crippen LogP contribution in [0.4, 0.5) is 4.79 Å². The van der Waals surface area contributed by atoms with Gasteiger partial charge >= 0.3 is 12.1 Å². The Kier molecular flexibility index (Phi) is 9.73. The SMILES string of the molecule is CC(C)C(=O)N(C)CCN(C)C(=O)O[C@@H](Cc1ccccc1)C(=O)OCc1ccccc1. The number of ether oxygens (including phenoxy) is 2. The van der Waals surface area contributed by atoms with Crippen molar-refractivity contribution in [3.8, 4) is 0 Å². The molecule has 2 amide bonds. The third kappa shape index (κ3) is 8.06. The zero-order valence-corrected chi connectivity index (χ0v) is 19.2. The standard InChI is InChI=1S/C25H32N2O5/c1-19(2)23(28)26(3)15-16-27(4)25(30)32-22(17-20-11-7-5-8-12-20)24(29)31-18-21-13-9-6-10-14-21/h5-14,19,22H,15-18H2,1-4H3/t22-/m0/s1. The first kappa shape index (κ1) is 24.9. The van der Waals surface area contributed by atoms with Crippen molar-refractivity contribution in [2.45, 2.75) is 33.0 Å². The predicted molar refractivity (Wildman–Crippen MR) is 122 cm³/mol. The second-order valence-electron chi connectivity index (χ2n) is 7.99. The molecule has 0 fully saturated rings. The lowest BCUT2D eigenvalue weighted by Crippen LogP contribution is -2.41. The van der Waals surface area contributed by atoms with Crippen LogP contribution in [0, 0.1) is 5.92 Å². The summed E-state index contributed by atoms with van der Waals surface area (Å²) in [5.74, 6) is -0.725. The van der Waals surface area contributed by atoms with Gasteiger partial charge in [0.2, 0.25) is 12.0 Å². The molecule has 0 spiro atoms. The van der Waals surface area contributed by atoms with Crippen LogP contribution in [0.1, 0.15) is 25.0 Å². The Bertz CT molecular complexity index is 870. The first-order valence-corrected chi connectivity index (χ1v) is 10.7. The summed E-state index contributed by atoms with van der Waals surface area (Å²) in [6.07, 6.45) is -1.51. The highest BCUT2D eigenvalue weighted by molar-refractivity contribution is 5.79. The zero-order chi connectivity index (χ0) is 23.5. The van der Waals surface area contributed by atoms with E-state index in [2.05, 4.69) is 0 Å². The van der Waals surface area contributed by atoms with E-state index in [4.69, 9.17) is 9.47 Å². The van der Waals surface area contributed by atoms with Crippen molar-refractivity contribution in [1.29, 1.82) is 0 Å². The van der Waals surface area contributed by atoms with Crippen molar-refractivity contribution in [2.75, 3.05) is 27.2 Å². The molecule has 2 rings (SSSR count). The second-order valence-corrected chi connectivity index (χ2v) is 7.99. The predicted octanol–water partition coefficient (Wildman–Crippen LogP) is 3.52. The molecule has 0 saturated carbocycles. The van der Waals surface area contributed by atoms with Gasteiger partial charge in [-0.1, -0.05) is 74.5 Å².